The first-order valence-corrected chi connectivity index (χ1v) is 12.1. The van der Waals surface area contributed by atoms with E-state index in [1.807, 2.05) is 51.9 Å². The summed E-state index contributed by atoms with van der Waals surface area (Å²) in [4.78, 5) is 13.2. The Hall–Kier alpha value is -1.91. The maximum atomic E-state index is 12.5. The second kappa shape index (κ2) is 11.5. The van der Waals surface area contributed by atoms with Crippen molar-refractivity contribution in [2.75, 3.05) is 64.1 Å². The van der Waals surface area contributed by atoms with Crippen molar-refractivity contribution in [2.24, 2.45) is 4.99 Å². The molecule has 170 valence electrons. The number of ether oxygens (including phenoxy) is 1. The fourth-order valence-electron chi connectivity index (χ4n) is 3.09. The van der Waals surface area contributed by atoms with Gasteiger partial charge in [0.25, 0.3) is 0 Å². The molecule has 0 spiro atoms. The molecule has 10 heteroatoms. The molecule has 0 unspecified atom stereocenters. The molecule has 1 aliphatic rings. The second-order valence-corrected chi connectivity index (χ2v) is 9.80. The molecule has 1 aliphatic heterocycles. The fourth-order valence-corrected chi connectivity index (χ4v) is 4.38. The Balaban J connectivity index is 1.96. The summed E-state index contributed by atoms with van der Waals surface area (Å²) in [6.45, 7) is 9.47. The zero-order valence-corrected chi connectivity index (χ0v) is 19.7. The molecule has 1 aromatic rings. The van der Waals surface area contributed by atoms with E-state index in [0.29, 0.717) is 32.7 Å². The Morgan fingerprint density at radius 3 is 2.60 bits per heavy atom. The van der Waals surface area contributed by atoms with Gasteiger partial charge in [0.2, 0.25) is 10.0 Å². The largest absolute Gasteiger partial charge is 0.378 e. The predicted molar refractivity (Wildman–Crippen MR) is 121 cm³/mol. The Labute approximate surface area is 181 Å². The van der Waals surface area contributed by atoms with Crippen molar-refractivity contribution < 1.29 is 13.2 Å². The molecule has 1 saturated heterocycles. The van der Waals surface area contributed by atoms with Crippen molar-refractivity contribution in [1.82, 2.24) is 19.5 Å². The number of aliphatic imine (C=N–C) groups is 1. The highest BCUT2D eigenvalue weighted by molar-refractivity contribution is 7.89. The highest BCUT2D eigenvalue weighted by atomic mass is 32.2. The minimum Gasteiger partial charge on any atom is -0.378 e. The number of hydrogen-bond donors (Lipinski definition) is 1. The van der Waals surface area contributed by atoms with Gasteiger partial charge in [-0.25, -0.2) is 18.4 Å². The van der Waals surface area contributed by atoms with Crippen LogP contribution in [0.1, 0.15) is 26.3 Å². The lowest BCUT2D eigenvalue weighted by Crippen LogP contribution is -2.54. The lowest BCUT2D eigenvalue weighted by atomic mass is 10.2. The summed E-state index contributed by atoms with van der Waals surface area (Å²) in [5.41, 5.74) is 1.08. The topological polar surface area (TPSA) is 90.4 Å². The van der Waals surface area contributed by atoms with Crippen LogP contribution in [0.5, 0.6) is 0 Å². The normalized spacial score (nSPS) is 16.2. The number of sulfonamides is 1. The Morgan fingerprint density at radius 1 is 1.30 bits per heavy atom. The van der Waals surface area contributed by atoms with Gasteiger partial charge >= 0.3 is 0 Å². The number of pyridine rings is 1. The lowest BCUT2D eigenvalue weighted by molar-refractivity contribution is 0.0904. The zero-order chi connectivity index (χ0) is 22.1. The highest BCUT2D eigenvalue weighted by Gasteiger charge is 2.28. The third-order valence-corrected chi connectivity index (χ3v) is 6.57. The molecule has 0 bridgehead atoms. The monoisotopic (exact) mass is 440 g/mol. The summed E-state index contributed by atoms with van der Waals surface area (Å²) in [6.07, 6.45) is 1.82. The molecule has 9 nitrogen and oxygen atoms in total. The number of anilines is 1. The number of hydrogen-bond acceptors (Lipinski definition) is 6. The molecule has 0 radical (unpaired) electrons. The quantitative estimate of drug-likeness (QED) is 0.452. The first-order chi connectivity index (χ1) is 14.2. The van der Waals surface area contributed by atoms with Gasteiger partial charge in [0.15, 0.2) is 5.96 Å². The lowest BCUT2D eigenvalue weighted by Gasteiger charge is -2.36. The predicted octanol–water partition coefficient (Wildman–Crippen LogP) is 0.986. The number of guanidine groups is 1. The molecular weight excluding hydrogens is 404 g/mol. The standard InChI is InChI=1S/C20H36N6O3S/c1-6-21-20(23-16-18-7-8-22-19(15-18)24(4)5)25-9-11-26(12-10-25)30(27,28)14-13-29-17(2)3/h7-8,15,17H,6,9-14,16H2,1-5H3,(H,21,23). The summed E-state index contributed by atoms with van der Waals surface area (Å²) in [5, 5.41) is 3.32. The molecule has 1 fully saturated rings. The van der Waals surface area contributed by atoms with Crippen LogP contribution >= 0.6 is 0 Å². The molecule has 0 aliphatic carbocycles. The van der Waals surface area contributed by atoms with E-state index >= 15 is 0 Å². The summed E-state index contributed by atoms with van der Waals surface area (Å²) in [6, 6.07) is 3.99. The van der Waals surface area contributed by atoms with Gasteiger partial charge in [-0.3, -0.25) is 0 Å². The van der Waals surface area contributed by atoms with Crippen molar-refractivity contribution in [1.29, 1.82) is 0 Å². The molecule has 1 N–H and O–H groups in total. The number of nitrogens with one attached hydrogen (secondary N) is 1. The van der Waals surface area contributed by atoms with Crippen LogP contribution in [0.4, 0.5) is 5.82 Å². The van der Waals surface area contributed by atoms with Gasteiger partial charge in [-0.05, 0) is 38.5 Å². The SMILES string of the molecule is CCNC(=NCc1ccnc(N(C)C)c1)N1CCN(S(=O)(=O)CCOC(C)C)CC1. The van der Waals surface area contributed by atoms with Crippen molar-refractivity contribution >= 4 is 21.8 Å². The van der Waals surface area contributed by atoms with Gasteiger partial charge in [-0.1, -0.05) is 0 Å². The van der Waals surface area contributed by atoms with E-state index in [4.69, 9.17) is 9.73 Å². The number of aromatic nitrogens is 1. The minimum absolute atomic E-state index is 0.0234. The summed E-state index contributed by atoms with van der Waals surface area (Å²) in [7, 11) is 0.622. The molecule has 0 aromatic carbocycles. The van der Waals surface area contributed by atoms with Gasteiger partial charge in [0.05, 0.1) is 25.0 Å². The van der Waals surface area contributed by atoms with Crippen molar-refractivity contribution in [2.45, 2.75) is 33.4 Å². The van der Waals surface area contributed by atoms with E-state index in [1.165, 1.54) is 0 Å². The average Bonchev–Trinajstić information content (AvgIpc) is 2.71. The molecule has 2 rings (SSSR count). The number of nitrogens with zero attached hydrogens (tertiary/aromatic N) is 5. The first-order valence-electron chi connectivity index (χ1n) is 10.5. The van der Waals surface area contributed by atoms with Crippen LogP contribution in [0, 0.1) is 0 Å². The molecule has 0 amide bonds. The van der Waals surface area contributed by atoms with Crippen LogP contribution in [-0.2, 0) is 21.3 Å². The van der Waals surface area contributed by atoms with Gasteiger partial charge in [-0.15, -0.1) is 0 Å². The van der Waals surface area contributed by atoms with Gasteiger partial charge in [-0.2, -0.15) is 4.31 Å². The zero-order valence-electron chi connectivity index (χ0n) is 18.8. The molecular formula is C20H36N6O3S. The van der Waals surface area contributed by atoms with Crippen LogP contribution in [-0.4, -0.2) is 93.8 Å². The van der Waals surface area contributed by atoms with Gasteiger partial charge in [0, 0.05) is 53.0 Å². The third kappa shape index (κ3) is 7.41. The summed E-state index contributed by atoms with van der Waals surface area (Å²) in [5.74, 6) is 1.73. The molecule has 0 atom stereocenters. The van der Waals surface area contributed by atoms with Gasteiger partial charge < -0.3 is 19.9 Å². The van der Waals surface area contributed by atoms with Crippen molar-refractivity contribution in [3.63, 3.8) is 0 Å². The Bertz CT molecular complexity index is 789. The van der Waals surface area contributed by atoms with E-state index in [2.05, 4.69) is 15.2 Å². The second-order valence-electron chi connectivity index (χ2n) is 7.71. The molecule has 30 heavy (non-hydrogen) atoms. The highest BCUT2D eigenvalue weighted by Crippen LogP contribution is 2.12. The van der Waals surface area contributed by atoms with Crippen LogP contribution in [0.25, 0.3) is 0 Å². The minimum atomic E-state index is -3.30. The van der Waals surface area contributed by atoms with E-state index in [-0.39, 0.29) is 18.5 Å². The average molecular weight is 441 g/mol. The molecule has 1 aromatic heterocycles. The van der Waals surface area contributed by atoms with Crippen molar-refractivity contribution in [3.8, 4) is 0 Å². The molecule has 2 heterocycles. The van der Waals surface area contributed by atoms with E-state index in [0.717, 1.165) is 23.9 Å². The van der Waals surface area contributed by atoms with E-state index in [1.54, 1.807) is 10.5 Å². The number of rotatable bonds is 9. The van der Waals surface area contributed by atoms with Crippen molar-refractivity contribution in [3.05, 3.63) is 23.9 Å². The van der Waals surface area contributed by atoms with E-state index < -0.39 is 10.0 Å². The first kappa shape index (κ1) is 24.4. The third-order valence-electron chi connectivity index (χ3n) is 4.74. The van der Waals surface area contributed by atoms with Crippen LogP contribution < -0.4 is 10.2 Å². The van der Waals surface area contributed by atoms with Crippen LogP contribution in [0.3, 0.4) is 0 Å². The Morgan fingerprint density at radius 2 is 2.00 bits per heavy atom. The smallest absolute Gasteiger partial charge is 0.216 e. The Kier molecular flexibility index (Phi) is 9.32. The summed E-state index contributed by atoms with van der Waals surface area (Å²) >= 11 is 0. The van der Waals surface area contributed by atoms with E-state index in [9.17, 15) is 8.42 Å². The van der Waals surface area contributed by atoms with Gasteiger partial charge in [0.1, 0.15) is 5.82 Å². The molecule has 0 saturated carbocycles. The number of piperazine rings is 1. The summed E-state index contributed by atoms with van der Waals surface area (Å²) < 4.78 is 32.0. The maximum absolute atomic E-state index is 12.5. The maximum Gasteiger partial charge on any atom is 0.216 e. The fraction of sp³-hybridized carbons (Fsp3) is 0.700. The van der Waals surface area contributed by atoms with Crippen LogP contribution in [0.15, 0.2) is 23.3 Å². The van der Waals surface area contributed by atoms with Crippen LogP contribution in [0.2, 0.25) is 0 Å².